The Hall–Kier alpha value is -3.99. The van der Waals surface area contributed by atoms with Crippen LogP contribution in [0.15, 0.2) is 112 Å². The van der Waals surface area contributed by atoms with Crippen molar-refractivity contribution in [2.24, 2.45) is 17.8 Å². The highest BCUT2D eigenvalue weighted by molar-refractivity contribution is 8.00. The van der Waals surface area contributed by atoms with E-state index in [0.717, 1.165) is 62.0 Å². The molecule has 0 fully saturated rings. The zero-order valence-electron chi connectivity index (χ0n) is 23.6. The quantitative estimate of drug-likeness (QED) is 0.373. The Morgan fingerprint density at radius 1 is 0.929 bits per heavy atom. The molecule has 0 saturated carbocycles. The van der Waals surface area contributed by atoms with Crippen LogP contribution >= 0.6 is 11.8 Å². The van der Waals surface area contributed by atoms with Crippen LogP contribution in [0.25, 0.3) is 5.57 Å². The lowest BCUT2D eigenvalue weighted by Gasteiger charge is -2.36. The van der Waals surface area contributed by atoms with Crippen LogP contribution in [-0.2, 0) is 4.74 Å². The highest BCUT2D eigenvalue weighted by atomic mass is 32.2. The minimum Gasteiger partial charge on any atom is -0.465 e. The first kappa shape index (κ1) is 25.7. The largest absolute Gasteiger partial charge is 0.465 e. The zero-order chi connectivity index (χ0) is 28.2. The van der Waals surface area contributed by atoms with E-state index in [9.17, 15) is 10.5 Å². The molecule has 2 aliphatic heterocycles. The number of nitriles is 2. The topological polar surface area (TPSA) is 56.8 Å². The van der Waals surface area contributed by atoms with Crippen molar-refractivity contribution in [3.63, 3.8) is 0 Å². The molecule has 5 atom stereocenters. The Bertz CT molecular complexity index is 1740. The molecular weight excluding hydrogens is 532 g/mol. The van der Waals surface area contributed by atoms with Gasteiger partial charge in [0.05, 0.1) is 23.3 Å². The maximum Gasteiger partial charge on any atom is 0.108 e. The van der Waals surface area contributed by atoms with Gasteiger partial charge in [0, 0.05) is 39.5 Å². The summed E-state index contributed by atoms with van der Waals surface area (Å²) in [6.07, 6.45) is 21.2. The zero-order valence-corrected chi connectivity index (χ0v) is 24.4. The predicted molar refractivity (Wildman–Crippen MR) is 167 cm³/mol. The number of nitrogens with zero attached hydrogens (tertiary/aromatic N) is 2. The van der Waals surface area contributed by atoms with Crippen molar-refractivity contribution in [3.05, 3.63) is 129 Å². The summed E-state index contributed by atoms with van der Waals surface area (Å²) in [6.45, 7) is 0. The molecule has 5 unspecified atom stereocenters. The van der Waals surface area contributed by atoms with Crippen LogP contribution in [0.5, 0.6) is 0 Å². The molecule has 0 bridgehead atoms. The molecule has 2 aromatic rings. The molecule has 4 heteroatoms. The van der Waals surface area contributed by atoms with Crippen LogP contribution in [0.3, 0.4) is 0 Å². The Balaban J connectivity index is 1.18. The van der Waals surface area contributed by atoms with E-state index >= 15 is 0 Å². The Morgan fingerprint density at radius 2 is 1.79 bits per heavy atom. The van der Waals surface area contributed by atoms with Gasteiger partial charge in [0.2, 0.25) is 0 Å². The monoisotopic (exact) mass is 564 g/mol. The molecule has 0 saturated heterocycles. The first-order chi connectivity index (χ1) is 20.7. The van der Waals surface area contributed by atoms with Crippen molar-refractivity contribution < 1.29 is 4.74 Å². The molecule has 0 radical (unpaired) electrons. The molecule has 0 amide bonds. The number of benzene rings is 2. The molecule has 8 rings (SSSR count). The number of hydrogen-bond acceptors (Lipinski definition) is 4. The van der Waals surface area contributed by atoms with Gasteiger partial charge in [0.15, 0.2) is 0 Å². The molecule has 3 nitrogen and oxygen atoms in total. The fraction of sp³-hybridized carbons (Fsp3) is 0.316. The van der Waals surface area contributed by atoms with Crippen molar-refractivity contribution in [3.8, 4) is 12.1 Å². The van der Waals surface area contributed by atoms with Gasteiger partial charge in [-0.05, 0) is 91.3 Å². The molecular formula is C38H32N2OS. The molecule has 6 aliphatic rings. The summed E-state index contributed by atoms with van der Waals surface area (Å²) < 4.78 is 6.32. The van der Waals surface area contributed by atoms with Gasteiger partial charge in [-0.15, -0.1) is 11.8 Å². The maximum absolute atomic E-state index is 10.2. The third-order valence-corrected chi connectivity index (χ3v) is 11.5. The normalized spacial score (nSPS) is 29.0. The summed E-state index contributed by atoms with van der Waals surface area (Å²) in [5.41, 5.74) is 9.02. The minimum absolute atomic E-state index is 0.323. The average Bonchev–Trinajstić information content (AvgIpc) is 3.61. The summed E-state index contributed by atoms with van der Waals surface area (Å²) in [5, 5.41) is 20.8. The van der Waals surface area contributed by atoms with E-state index in [0.29, 0.717) is 40.0 Å². The Morgan fingerprint density at radius 3 is 2.64 bits per heavy atom. The average molecular weight is 565 g/mol. The van der Waals surface area contributed by atoms with Crippen LogP contribution in [0.4, 0.5) is 0 Å². The van der Waals surface area contributed by atoms with Crippen LogP contribution < -0.4 is 0 Å². The maximum atomic E-state index is 10.2. The molecule has 2 aromatic carbocycles. The summed E-state index contributed by atoms with van der Waals surface area (Å²) in [4.78, 5) is 1.40. The number of fused-ring (bicyclic) bond motifs is 5. The van der Waals surface area contributed by atoms with Crippen molar-refractivity contribution in [2.45, 2.75) is 61.0 Å². The van der Waals surface area contributed by atoms with Crippen molar-refractivity contribution in [1.29, 1.82) is 10.5 Å². The second-order valence-corrected chi connectivity index (χ2v) is 13.5. The number of rotatable bonds is 3. The van der Waals surface area contributed by atoms with E-state index in [2.05, 4.69) is 72.9 Å². The summed E-state index contributed by atoms with van der Waals surface area (Å²) in [5.74, 6) is 3.79. The van der Waals surface area contributed by atoms with Crippen LogP contribution in [0.2, 0.25) is 0 Å². The van der Waals surface area contributed by atoms with Gasteiger partial charge in [-0.1, -0.05) is 60.2 Å². The van der Waals surface area contributed by atoms with Gasteiger partial charge >= 0.3 is 0 Å². The molecule has 4 aliphatic carbocycles. The van der Waals surface area contributed by atoms with Crippen molar-refractivity contribution >= 4 is 17.3 Å². The van der Waals surface area contributed by atoms with Gasteiger partial charge in [-0.2, -0.15) is 10.5 Å². The molecule has 0 aromatic heterocycles. The van der Waals surface area contributed by atoms with Gasteiger partial charge in [0.1, 0.15) is 11.5 Å². The highest BCUT2D eigenvalue weighted by Crippen LogP contribution is 2.53. The fourth-order valence-electron chi connectivity index (χ4n) is 8.17. The highest BCUT2D eigenvalue weighted by Gasteiger charge is 2.40. The molecule has 0 spiro atoms. The second-order valence-electron chi connectivity index (χ2n) is 12.3. The molecule has 2 heterocycles. The second kappa shape index (κ2) is 10.4. The summed E-state index contributed by atoms with van der Waals surface area (Å²) >= 11 is 1.97. The summed E-state index contributed by atoms with van der Waals surface area (Å²) in [7, 11) is 0. The van der Waals surface area contributed by atoms with Gasteiger partial charge in [-0.25, -0.2) is 0 Å². The smallest absolute Gasteiger partial charge is 0.108 e. The first-order valence-corrected chi connectivity index (χ1v) is 16.2. The van der Waals surface area contributed by atoms with E-state index in [-0.39, 0.29) is 0 Å². The molecule has 0 N–H and O–H groups in total. The Labute approximate surface area is 252 Å². The first-order valence-electron chi connectivity index (χ1n) is 15.3. The van der Waals surface area contributed by atoms with E-state index < -0.39 is 0 Å². The van der Waals surface area contributed by atoms with Crippen LogP contribution in [-0.4, -0.2) is 5.25 Å². The van der Waals surface area contributed by atoms with Crippen LogP contribution in [0, 0.1) is 40.4 Å². The number of allylic oxidation sites excluding steroid dienone is 10. The van der Waals surface area contributed by atoms with Gasteiger partial charge in [0.25, 0.3) is 0 Å². The number of thioether (sulfide) groups is 1. The van der Waals surface area contributed by atoms with E-state index in [1.54, 1.807) is 0 Å². The van der Waals surface area contributed by atoms with Crippen LogP contribution in [0.1, 0.15) is 73.1 Å². The number of ether oxygens (including phenoxy) is 1. The lowest BCUT2D eigenvalue weighted by molar-refractivity contribution is 0.269. The number of hydrogen-bond donors (Lipinski definition) is 0. The third kappa shape index (κ3) is 4.16. The Kier molecular flexibility index (Phi) is 6.35. The minimum atomic E-state index is 0.323. The lowest BCUT2D eigenvalue weighted by atomic mass is 9.68. The van der Waals surface area contributed by atoms with Crippen molar-refractivity contribution in [1.82, 2.24) is 0 Å². The van der Waals surface area contributed by atoms with E-state index in [4.69, 9.17) is 4.74 Å². The SMILES string of the molecule is N#Cc1cccc(C#N)c1C1=C(C2CC=C3OC4=C(C=CCC4)C3C2)CCC(C2=CC3c4ccccc4SC3C=C2)C1. The standard InChI is InChI=1S/C38H32N2OS/c39-21-26-6-5-7-27(22-40)38(26)33-19-23(24-14-17-37-32(18-24)30-9-2-4-11-36(30)42-37)12-15-28(33)25-13-16-35-31(20-25)29-8-1-3-10-34(29)41-35/h1-2,4-9,11,14,16-18,23,25,31-32,37H,3,10,12-13,15,19-20H2. The third-order valence-electron chi connectivity index (χ3n) is 10.2. The molecule has 206 valence electrons. The van der Waals surface area contributed by atoms with E-state index in [1.807, 2.05) is 30.0 Å². The van der Waals surface area contributed by atoms with Gasteiger partial charge < -0.3 is 4.74 Å². The summed E-state index contributed by atoms with van der Waals surface area (Å²) in [6, 6.07) is 19.3. The van der Waals surface area contributed by atoms with E-state index in [1.165, 1.54) is 32.8 Å². The molecule has 42 heavy (non-hydrogen) atoms. The van der Waals surface area contributed by atoms with Gasteiger partial charge in [-0.3, -0.25) is 0 Å². The van der Waals surface area contributed by atoms with Crippen molar-refractivity contribution in [2.75, 3.05) is 0 Å². The lowest BCUT2D eigenvalue weighted by Crippen LogP contribution is -2.23. The fourth-order valence-corrected chi connectivity index (χ4v) is 9.49. The predicted octanol–water partition coefficient (Wildman–Crippen LogP) is 9.28.